The molecule has 0 radical (unpaired) electrons. The molecule has 4 rings (SSSR count). The Morgan fingerprint density at radius 1 is 1.17 bits per heavy atom. The number of nitrogens with one attached hydrogen (secondary N) is 1. The molecule has 7 nitrogen and oxygen atoms in total. The van der Waals surface area contributed by atoms with E-state index in [1.54, 1.807) is 36.2 Å². The van der Waals surface area contributed by atoms with Crippen molar-refractivity contribution in [3.8, 4) is 17.1 Å². The van der Waals surface area contributed by atoms with Crippen LogP contribution in [-0.2, 0) is 6.54 Å². The number of amides is 2. The molecular formula is C22H23FN4O3. The standard InChI is InChI=1S/C22H23FN4O3/c1-15-24-14-21(30-15)19-7-6-18(12-20(19)28)26-8-10-27(11-9-26)22(29)25-13-16-2-4-17(23)5-3-16/h2-7,12,14,28H,8-11,13H2,1H3,(H,25,29). The van der Waals surface area contributed by atoms with E-state index in [0.717, 1.165) is 11.3 Å². The maximum atomic E-state index is 13.0. The lowest BCUT2D eigenvalue weighted by molar-refractivity contribution is 0.194. The number of oxazole rings is 1. The predicted molar refractivity (Wildman–Crippen MR) is 111 cm³/mol. The van der Waals surface area contributed by atoms with Gasteiger partial charge in [0, 0.05) is 51.4 Å². The van der Waals surface area contributed by atoms with Gasteiger partial charge in [0.25, 0.3) is 0 Å². The Hall–Kier alpha value is -3.55. The molecule has 0 saturated carbocycles. The highest BCUT2D eigenvalue weighted by atomic mass is 19.1. The van der Waals surface area contributed by atoms with Gasteiger partial charge >= 0.3 is 6.03 Å². The van der Waals surface area contributed by atoms with Crippen molar-refractivity contribution in [3.05, 3.63) is 65.9 Å². The Bertz CT molecular complexity index is 1030. The number of hydrogen-bond donors (Lipinski definition) is 2. The zero-order valence-corrected chi connectivity index (χ0v) is 16.6. The summed E-state index contributed by atoms with van der Waals surface area (Å²) in [5.41, 5.74) is 2.33. The number of hydrogen-bond acceptors (Lipinski definition) is 5. The molecule has 2 aromatic carbocycles. The number of phenols is 1. The number of rotatable bonds is 4. The number of nitrogens with zero attached hydrogens (tertiary/aromatic N) is 3. The van der Waals surface area contributed by atoms with Gasteiger partial charge < -0.3 is 24.6 Å². The summed E-state index contributed by atoms with van der Waals surface area (Å²) in [5.74, 6) is 0.904. The Kier molecular flexibility index (Phi) is 5.56. The molecule has 0 bridgehead atoms. The van der Waals surface area contributed by atoms with E-state index in [1.807, 2.05) is 12.1 Å². The molecule has 1 aliphatic rings. The zero-order valence-electron chi connectivity index (χ0n) is 16.6. The van der Waals surface area contributed by atoms with Crippen LogP contribution in [0.25, 0.3) is 11.3 Å². The molecule has 2 heterocycles. The van der Waals surface area contributed by atoms with Crippen molar-refractivity contribution >= 4 is 11.7 Å². The Labute approximate surface area is 173 Å². The summed E-state index contributed by atoms with van der Waals surface area (Å²) in [6.07, 6.45) is 1.59. The summed E-state index contributed by atoms with van der Waals surface area (Å²) in [5, 5.41) is 13.3. The quantitative estimate of drug-likeness (QED) is 0.688. The van der Waals surface area contributed by atoms with Gasteiger partial charge in [-0.15, -0.1) is 0 Å². The summed E-state index contributed by atoms with van der Waals surface area (Å²) < 4.78 is 18.4. The van der Waals surface area contributed by atoms with Crippen molar-refractivity contribution in [1.29, 1.82) is 0 Å². The molecule has 0 unspecified atom stereocenters. The number of piperazine rings is 1. The predicted octanol–water partition coefficient (Wildman–Crippen LogP) is 3.53. The maximum absolute atomic E-state index is 13.0. The van der Waals surface area contributed by atoms with E-state index in [4.69, 9.17) is 4.42 Å². The molecule has 1 fully saturated rings. The number of anilines is 1. The fourth-order valence-electron chi connectivity index (χ4n) is 3.47. The number of halogens is 1. The van der Waals surface area contributed by atoms with Crippen molar-refractivity contribution in [3.63, 3.8) is 0 Å². The van der Waals surface area contributed by atoms with E-state index in [1.165, 1.54) is 12.1 Å². The van der Waals surface area contributed by atoms with Gasteiger partial charge in [-0.1, -0.05) is 12.1 Å². The van der Waals surface area contributed by atoms with Crippen molar-refractivity contribution in [2.75, 3.05) is 31.1 Å². The number of carbonyl (C=O) groups is 1. The van der Waals surface area contributed by atoms with E-state index in [-0.39, 0.29) is 17.6 Å². The van der Waals surface area contributed by atoms with Crippen LogP contribution in [0.1, 0.15) is 11.5 Å². The number of aromatic hydroxyl groups is 1. The van der Waals surface area contributed by atoms with Gasteiger partial charge in [-0.05, 0) is 29.8 Å². The van der Waals surface area contributed by atoms with Crippen LogP contribution in [0.3, 0.4) is 0 Å². The van der Waals surface area contributed by atoms with Crippen LogP contribution in [-0.4, -0.2) is 47.2 Å². The van der Waals surface area contributed by atoms with Crippen molar-refractivity contribution < 1.29 is 18.7 Å². The third-order valence-electron chi connectivity index (χ3n) is 5.16. The lowest BCUT2D eigenvalue weighted by Gasteiger charge is -2.36. The number of aromatic nitrogens is 1. The molecule has 0 spiro atoms. The van der Waals surface area contributed by atoms with Crippen LogP contribution >= 0.6 is 0 Å². The molecule has 2 N–H and O–H groups in total. The molecule has 0 atom stereocenters. The number of urea groups is 1. The first kappa shape index (κ1) is 19.8. The number of benzene rings is 2. The minimum absolute atomic E-state index is 0.128. The minimum Gasteiger partial charge on any atom is -0.507 e. The molecule has 8 heteroatoms. The highest BCUT2D eigenvalue weighted by Gasteiger charge is 2.22. The largest absolute Gasteiger partial charge is 0.507 e. The second-order valence-electron chi connectivity index (χ2n) is 7.20. The summed E-state index contributed by atoms with van der Waals surface area (Å²) >= 11 is 0. The minimum atomic E-state index is -0.295. The second-order valence-corrected chi connectivity index (χ2v) is 7.20. The first-order valence-electron chi connectivity index (χ1n) is 9.77. The summed E-state index contributed by atoms with van der Waals surface area (Å²) in [6, 6.07) is 11.4. The first-order valence-corrected chi connectivity index (χ1v) is 9.77. The summed E-state index contributed by atoms with van der Waals surface area (Å²) in [7, 11) is 0. The van der Waals surface area contributed by atoms with Crippen LogP contribution in [0.4, 0.5) is 14.9 Å². The molecule has 1 saturated heterocycles. The lowest BCUT2D eigenvalue weighted by atomic mass is 10.1. The average molecular weight is 410 g/mol. The zero-order chi connectivity index (χ0) is 21.1. The smallest absolute Gasteiger partial charge is 0.317 e. The van der Waals surface area contributed by atoms with E-state index in [2.05, 4.69) is 15.2 Å². The number of carbonyl (C=O) groups excluding carboxylic acids is 1. The summed E-state index contributed by atoms with van der Waals surface area (Å²) in [4.78, 5) is 20.3. The molecule has 3 aromatic rings. The van der Waals surface area contributed by atoms with Gasteiger partial charge in [0.1, 0.15) is 11.6 Å². The maximum Gasteiger partial charge on any atom is 0.317 e. The molecule has 0 aliphatic carbocycles. The van der Waals surface area contributed by atoms with Crippen molar-refractivity contribution in [2.45, 2.75) is 13.5 Å². The fourth-order valence-corrected chi connectivity index (χ4v) is 3.47. The average Bonchev–Trinajstić information content (AvgIpc) is 3.19. The first-order chi connectivity index (χ1) is 14.5. The molecule has 2 amide bonds. The number of aryl methyl sites for hydroxylation is 1. The highest BCUT2D eigenvalue weighted by Crippen LogP contribution is 2.33. The van der Waals surface area contributed by atoms with Gasteiger partial charge in [0.15, 0.2) is 11.7 Å². The Morgan fingerprint density at radius 2 is 1.90 bits per heavy atom. The number of phenolic OH excluding ortho intramolecular Hbond substituents is 1. The van der Waals surface area contributed by atoms with E-state index < -0.39 is 0 Å². The normalized spacial score (nSPS) is 14.1. The highest BCUT2D eigenvalue weighted by molar-refractivity contribution is 5.75. The van der Waals surface area contributed by atoms with Crippen molar-refractivity contribution in [1.82, 2.24) is 15.2 Å². The van der Waals surface area contributed by atoms with Crippen LogP contribution in [0.2, 0.25) is 0 Å². The third kappa shape index (κ3) is 4.37. The van der Waals surface area contributed by atoms with Gasteiger partial charge in [-0.3, -0.25) is 0 Å². The van der Waals surface area contributed by atoms with Gasteiger partial charge in [0.05, 0.1) is 11.8 Å². The topological polar surface area (TPSA) is 81.8 Å². The second kappa shape index (κ2) is 8.44. The van der Waals surface area contributed by atoms with Gasteiger partial charge in [0.2, 0.25) is 0 Å². The molecule has 30 heavy (non-hydrogen) atoms. The monoisotopic (exact) mass is 410 g/mol. The fraction of sp³-hybridized carbons (Fsp3) is 0.273. The molecule has 1 aliphatic heterocycles. The lowest BCUT2D eigenvalue weighted by Crippen LogP contribution is -2.51. The molecule has 1 aromatic heterocycles. The third-order valence-corrected chi connectivity index (χ3v) is 5.16. The van der Waals surface area contributed by atoms with Crippen LogP contribution < -0.4 is 10.2 Å². The Morgan fingerprint density at radius 3 is 2.53 bits per heavy atom. The summed E-state index contributed by atoms with van der Waals surface area (Å²) in [6.45, 7) is 4.56. The van der Waals surface area contributed by atoms with Crippen LogP contribution in [0, 0.1) is 12.7 Å². The van der Waals surface area contributed by atoms with E-state index >= 15 is 0 Å². The van der Waals surface area contributed by atoms with Crippen LogP contribution in [0.5, 0.6) is 5.75 Å². The SMILES string of the molecule is Cc1ncc(-c2ccc(N3CCN(C(=O)NCc4ccc(F)cc4)CC3)cc2O)o1. The van der Waals surface area contributed by atoms with E-state index in [9.17, 15) is 14.3 Å². The molecule has 156 valence electrons. The van der Waals surface area contributed by atoms with Crippen molar-refractivity contribution in [2.24, 2.45) is 0 Å². The van der Waals surface area contributed by atoms with Gasteiger partial charge in [-0.25, -0.2) is 14.2 Å². The molecular weight excluding hydrogens is 387 g/mol. The van der Waals surface area contributed by atoms with Gasteiger partial charge in [-0.2, -0.15) is 0 Å². The van der Waals surface area contributed by atoms with Crippen LogP contribution in [0.15, 0.2) is 53.1 Å². The Balaban J connectivity index is 1.32. The van der Waals surface area contributed by atoms with E-state index in [0.29, 0.717) is 49.9 Å².